The van der Waals surface area contributed by atoms with Gasteiger partial charge < -0.3 is 0 Å². The summed E-state index contributed by atoms with van der Waals surface area (Å²) in [6, 6.07) is 0. The van der Waals surface area contributed by atoms with Crippen LogP contribution in [0, 0.1) is 0 Å². The van der Waals surface area contributed by atoms with Crippen molar-refractivity contribution in [3.63, 3.8) is 0 Å². The van der Waals surface area contributed by atoms with Crippen LogP contribution in [0.3, 0.4) is 0 Å². The monoisotopic (exact) mass is 608 g/mol. The maximum atomic E-state index is 6.35. The minimum atomic E-state index is -2.14. The minimum absolute atomic E-state index is 0.473. The van der Waals surface area contributed by atoms with Gasteiger partial charge in [-0.1, -0.05) is 78.1 Å². The van der Waals surface area contributed by atoms with Crippen molar-refractivity contribution < 1.29 is 13.3 Å². The van der Waals surface area contributed by atoms with Gasteiger partial charge >= 0.3 is 174 Å². The van der Waals surface area contributed by atoms with Gasteiger partial charge in [0, 0.05) is 0 Å². The molecule has 0 radical (unpaired) electrons. The molecule has 0 aliphatic heterocycles. The summed E-state index contributed by atoms with van der Waals surface area (Å²) >= 11 is 0. The summed E-state index contributed by atoms with van der Waals surface area (Å²) in [5, 5.41) is 0. The Kier molecular flexibility index (Phi) is 28.9. The molecule has 39 heavy (non-hydrogen) atoms. The van der Waals surface area contributed by atoms with Gasteiger partial charge in [0.15, 0.2) is 0 Å². The normalized spacial score (nSPS) is 13.6. The topological polar surface area (TPSA) is 27.7 Å². The van der Waals surface area contributed by atoms with Crippen molar-refractivity contribution in [1.29, 1.82) is 0 Å². The summed E-state index contributed by atoms with van der Waals surface area (Å²) in [6.07, 6.45) is 35.8. The Hall–Kier alpha value is 1.23. The molecule has 0 amide bonds. The summed E-state index contributed by atoms with van der Waals surface area (Å²) in [5.74, 6) is 0. The summed E-state index contributed by atoms with van der Waals surface area (Å²) < 4.78 is 18.6. The van der Waals surface area contributed by atoms with Gasteiger partial charge in [0.25, 0.3) is 0 Å². The van der Waals surface area contributed by atoms with E-state index >= 15 is 0 Å². The van der Waals surface area contributed by atoms with Crippen molar-refractivity contribution in [1.82, 2.24) is 0 Å². The van der Waals surface area contributed by atoms with Crippen LogP contribution >= 0.6 is 24.4 Å². The van der Waals surface area contributed by atoms with Crippen LogP contribution in [0.15, 0.2) is 0 Å². The fraction of sp³-hybridized carbons (Fsp3) is 1.00. The molecule has 0 bridgehead atoms. The molecule has 7 heteroatoms. The summed E-state index contributed by atoms with van der Waals surface area (Å²) in [5.41, 5.74) is 0. The second-order valence-corrected chi connectivity index (χ2v) is 22.7. The van der Waals surface area contributed by atoms with E-state index in [0.29, 0.717) is 17.6 Å². The van der Waals surface area contributed by atoms with E-state index in [1.807, 2.05) is 0 Å². The van der Waals surface area contributed by atoms with Gasteiger partial charge in [0.1, 0.15) is 0 Å². The van der Waals surface area contributed by atoms with Crippen molar-refractivity contribution in [3.05, 3.63) is 0 Å². The van der Waals surface area contributed by atoms with E-state index in [9.17, 15) is 0 Å². The molecule has 0 aliphatic carbocycles. The molecule has 236 valence electrons. The van der Waals surface area contributed by atoms with Crippen LogP contribution in [0.25, 0.3) is 0 Å². The molecule has 0 fully saturated rings. The Morgan fingerprint density at radius 3 is 0.923 bits per heavy atom. The Morgan fingerprint density at radius 1 is 0.410 bits per heavy atom. The molecule has 0 aromatic heterocycles. The number of hydrogen-bond donors (Lipinski definition) is 0. The Labute approximate surface area is 251 Å². The quantitative estimate of drug-likeness (QED) is 0.0432. The van der Waals surface area contributed by atoms with Crippen LogP contribution in [0.5, 0.6) is 0 Å². The fourth-order valence-corrected chi connectivity index (χ4v) is 7.26. The van der Waals surface area contributed by atoms with Crippen LogP contribution in [0.1, 0.15) is 168 Å². The van der Waals surface area contributed by atoms with E-state index < -0.39 is 14.2 Å². The molecule has 0 saturated heterocycles. The first-order valence-electron chi connectivity index (χ1n) is 17.2. The Morgan fingerprint density at radius 2 is 0.667 bits per heavy atom. The summed E-state index contributed by atoms with van der Waals surface area (Å²) in [4.78, 5) is 0. The van der Waals surface area contributed by atoms with Gasteiger partial charge in [-0.05, 0) is 0 Å². The van der Waals surface area contributed by atoms with Crippen LogP contribution in [0.4, 0.5) is 0 Å². The van der Waals surface area contributed by atoms with Gasteiger partial charge in [-0.2, -0.15) is 0 Å². The number of unbranched alkanes of at least 4 members (excludes halogenated alkanes) is 22. The molecule has 0 aromatic rings. The molecule has 0 spiro atoms. The maximum absolute atomic E-state index is 6.35. The first kappa shape index (κ1) is 40.2. The van der Waals surface area contributed by atoms with Crippen molar-refractivity contribution in [3.8, 4) is 0 Å². The van der Waals surface area contributed by atoms with Crippen molar-refractivity contribution >= 4 is 31.8 Å². The molecule has 3 nitrogen and oxygen atoms in total. The van der Waals surface area contributed by atoms with E-state index in [1.54, 1.807) is 0 Å². The predicted molar refractivity (Wildman–Crippen MR) is 188 cm³/mol. The molecule has 2 atom stereocenters. The second kappa shape index (κ2) is 28.0. The van der Waals surface area contributed by atoms with E-state index in [0.717, 1.165) is 12.3 Å². The van der Waals surface area contributed by atoms with Crippen molar-refractivity contribution in [2.45, 2.75) is 168 Å². The van der Waals surface area contributed by atoms with Crippen LogP contribution < -0.4 is 0 Å². The fourth-order valence-electron chi connectivity index (χ4n) is 4.74. The van der Waals surface area contributed by atoms with Gasteiger partial charge in [-0.3, -0.25) is 0 Å². The zero-order valence-electron chi connectivity index (χ0n) is 27.6. The molecule has 0 N–H and O–H groups in total. The van der Waals surface area contributed by atoms with Crippen LogP contribution in [-0.2, 0) is 13.3 Å². The van der Waals surface area contributed by atoms with Crippen LogP contribution in [-0.4, -0.2) is 46.3 Å². The third-order valence-corrected chi connectivity index (χ3v) is 9.98. The van der Waals surface area contributed by atoms with E-state index in [1.165, 1.54) is 154 Å². The van der Waals surface area contributed by atoms with Gasteiger partial charge in [0.05, 0.1) is 0 Å². The van der Waals surface area contributed by atoms with Gasteiger partial charge in [-0.15, -0.1) is 0 Å². The van der Waals surface area contributed by atoms with Crippen LogP contribution in [0.2, 0.25) is 0 Å². The first-order valence-corrected chi connectivity index (χ1v) is 23.4. The molecule has 0 rings (SSSR count). The molecular weight excluding hydrogens is 536 g/mol. The van der Waals surface area contributed by atoms with E-state index in [4.69, 9.17) is 13.3 Å². The molecule has 0 heterocycles. The van der Waals surface area contributed by atoms with Gasteiger partial charge in [0.2, 0.25) is 0 Å². The molecule has 0 aliphatic rings. The zero-order chi connectivity index (χ0) is 28.9. The average Bonchev–Trinajstić information content (AvgIpc) is 2.87. The van der Waals surface area contributed by atoms with Crippen molar-refractivity contribution in [2.75, 3.05) is 39.0 Å². The number of hydrogen-bond acceptors (Lipinski definition) is 3. The zero-order valence-corrected chi connectivity index (χ0v) is 30.5. The SMILES string of the molecule is CCCCCCCCCCCCCCPOB(OPCCCCCCCCCCCCCC)OP(C)(C)(C)C. The summed E-state index contributed by atoms with van der Waals surface area (Å²) in [7, 11) is 0.492. The first-order chi connectivity index (χ1) is 18.7. The number of rotatable bonds is 32. The molecule has 0 aromatic carbocycles. The van der Waals surface area contributed by atoms with Gasteiger partial charge in [-0.25, -0.2) is 0 Å². The standard InChI is InChI=1S/C32H72BO3P3/c1-7-9-11-13-15-17-19-21-23-25-27-29-31-37-34-33(36-39(3,4,5)6)35-38-32-30-28-26-24-22-20-18-16-14-12-10-8-2/h37-38H,7-32H2,1-6H3. The second-order valence-electron chi connectivity index (χ2n) is 13.6. The predicted octanol–water partition coefficient (Wildman–Crippen LogP) is 12.6. The average molecular weight is 609 g/mol. The molecular formula is C32H72BO3P3. The van der Waals surface area contributed by atoms with E-state index in [-0.39, 0.29) is 0 Å². The van der Waals surface area contributed by atoms with E-state index in [2.05, 4.69) is 40.5 Å². The van der Waals surface area contributed by atoms with Crippen molar-refractivity contribution in [2.24, 2.45) is 0 Å². The third-order valence-electron chi connectivity index (χ3n) is 7.13. The molecule has 2 unspecified atom stereocenters. The summed E-state index contributed by atoms with van der Waals surface area (Å²) in [6.45, 7) is 11.4. The Bertz CT molecular complexity index is 462. The molecule has 0 saturated carbocycles. The Balaban J connectivity index is 3.73. The third kappa shape index (κ3) is 35.3.